The second kappa shape index (κ2) is 2.69. The number of fused-ring (bicyclic) bond motifs is 3. The van der Waals surface area contributed by atoms with Crippen LogP contribution in [0.5, 0.6) is 0 Å². The van der Waals surface area contributed by atoms with Crippen LogP contribution in [0.1, 0.15) is 0 Å². The second-order valence-electron chi connectivity index (χ2n) is 2.99. The standard InChI is InChI=1S/C11H7NSe/c1-2-4-9-8(3-1)5-6-10-11(9)12-7-13-10/h1-7H. The molecule has 0 atom stereocenters. The Morgan fingerprint density at radius 3 is 2.92 bits per heavy atom. The molecule has 1 nitrogen and oxygen atoms in total. The molecule has 0 aliphatic rings. The van der Waals surface area contributed by atoms with E-state index < -0.39 is 0 Å². The molecule has 0 saturated heterocycles. The monoisotopic (exact) mass is 233 g/mol. The van der Waals surface area contributed by atoms with Gasteiger partial charge in [0.25, 0.3) is 0 Å². The summed E-state index contributed by atoms with van der Waals surface area (Å²) in [6.07, 6.45) is 0. The van der Waals surface area contributed by atoms with E-state index in [4.69, 9.17) is 0 Å². The van der Waals surface area contributed by atoms with Gasteiger partial charge in [0.15, 0.2) is 0 Å². The molecule has 2 heteroatoms. The zero-order chi connectivity index (χ0) is 8.67. The molecule has 0 radical (unpaired) electrons. The summed E-state index contributed by atoms with van der Waals surface area (Å²) >= 11 is 0.458. The molecule has 0 saturated carbocycles. The first-order valence-electron chi connectivity index (χ1n) is 4.16. The minimum absolute atomic E-state index is 0.458. The second-order valence-corrected chi connectivity index (χ2v) is 4.85. The van der Waals surface area contributed by atoms with Gasteiger partial charge in [0.1, 0.15) is 0 Å². The van der Waals surface area contributed by atoms with Gasteiger partial charge in [0, 0.05) is 0 Å². The zero-order valence-electron chi connectivity index (χ0n) is 6.90. The first-order valence-corrected chi connectivity index (χ1v) is 6.01. The molecule has 0 N–H and O–H groups in total. The maximum absolute atomic E-state index is 4.43. The molecule has 13 heavy (non-hydrogen) atoms. The van der Waals surface area contributed by atoms with E-state index in [1.165, 1.54) is 20.5 Å². The van der Waals surface area contributed by atoms with Crippen LogP contribution in [-0.2, 0) is 0 Å². The van der Waals surface area contributed by atoms with E-state index in [2.05, 4.69) is 41.4 Å². The van der Waals surface area contributed by atoms with Crippen LogP contribution in [-0.4, -0.2) is 19.5 Å². The average molecular weight is 232 g/mol. The molecule has 3 aromatic rings. The van der Waals surface area contributed by atoms with E-state index in [1.807, 2.05) is 5.07 Å². The molecule has 0 fully saturated rings. The Balaban J connectivity index is 2.65. The van der Waals surface area contributed by atoms with Gasteiger partial charge in [-0.3, -0.25) is 0 Å². The van der Waals surface area contributed by atoms with Gasteiger partial charge in [-0.1, -0.05) is 0 Å². The van der Waals surface area contributed by atoms with Gasteiger partial charge >= 0.3 is 81.5 Å². The molecule has 0 unspecified atom stereocenters. The molecule has 0 bridgehead atoms. The van der Waals surface area contributed by atoms with E-state index in [9.17, 15) is 0 Å². The summed E-state index contributed by atoms with van der Waals surface area (Å²) in [7, 11) is 0. The summed E-state index contributed by atoms with van der Waals surface area (Å²) in [6, 6.07) is 12.8. The third kappa shape index (κ3) is 1.03. The van der Waals surface area contributed by atoms with Crippen molar-refractivity contribution in [1.29, 1.82) is 0 Å². The molecule has 2 aromatic carbocycles. The van der Waals surface area contributed by atoms with Crippen LogP contribution in [0.3, 0.4) is 0 Å². The first kappa shape index (κ1) is 7.31. The summed E-state index contributed by atoms with van der Waals surface area (Å²) in [5.74, 6) is 0. The van der Waals surface area contributed by atoms with Gasteiger partial charge < -0.3 is 0 Å². The number of nitrogens with zero attached hydrogens (tertiary/aromatic N) is 1. The van der Waals surface area contributed by atoms with E-state index in [-0.39, 0.29) is 0 Å². The van der Waals surface area contributed by atoms with E-state index >= 15 is 0 Å². The molecule has 0 spiro atoms. The number of rotatable bonds is 0. The summed E-state index contributed by atoms with van der Waals surface area (Å²) < 4.78 is 1.41. The van der Waals surface area contributed by atoms with Crippen molar-refractivity contribution in [3.63, 3.8) is 0 Å². The molecule has 62 valence electrons. The normalized spacial score (nSPS) is 11.1. The van der Waals surface area contributed by atoms with Crippen molar-refractivity contribution in [2.24, 2.45) is 0 Å². The topological polar surface area (TPSA) is 12.9 Å². The summed E-state index contributed by atoms with van der Waals surface area (Å²) in [6.45, 7) is 0. The van der Waals surface area contributed by atoms with Crippen molar-refractivity contribution in [3.8, 4) is 0 Å². The number of benzene rings is 2. The Kier molecular flexibility index (Phi) is 1.51. The summed E-state index contributed by atoms with van der Waals surface area (Å²) in [4.78, 5) is 4.43. The molecule has 0 aliphatic carbocycles. The van der Waals surface area contributed by atoms with Crippen LogP contribution in [0.25, 0.3) is 20.5 Å². The number of hydrogen-bond acceptors (Lipinski definition) is 1. The van der Waals surface area contributed by atoms with Crippen molar-refractivity contribution < 1.29 is 0 Å². The molecule has 3 rings (SSSR count). The predicted molar refractivity (Wildman–Crippen MR) is 56.2 cm³/mol. The van der Waals surface area contributed by atoms with Gasteiger partial charge in [-0.15, -0.1) is 0 Å². The van der Waals surface area contributed by atoms with Crippen molar-refractivity contribution in [1.82, 2.24) is 4.98 Å². The van der Waals surface area contributed by atoms with Crippen LogP contribution >= 0.6 is 0 Å². The fourth-order valence-corrected chi connectivity index (χ4v) is 3.05. The van der Waals surface area contributed by atoms with Crippen LogP contribution in [0.15, 0.2) is 41.5 Å². The van der Waals surface area contributed by atoms with Crippen molar-refractivity contribution in [3.05, 3.63) is 41.5 Å². The van der Waals surface area contributed by atoms with E-state index in [0.29, 0.717) is 14.5 Å². The average Bonchev–Trinajstić information content (AvgIpc) is 2.65. The number of aromatic nitrogens is 1. The van der Waals surface area contributed by atoms with Crippen molar-refractivity contribution >= 4 is 35.1 Å². The van der Waals surface area contributed by atoms with E-state index in [1.54, 1.807) is 0 Å². The molecule has 1 aromatic heterocycles. The first-order chi connectivity index (χ1) is 6.45. The molecule has 0 amide bonds. The van der Waals surface area contributed by atoms with Gasteiger partial charge in [-0.25, -0.2) is 0 Å². The molecular weight excluding hydrogens is 225 g/mol. The Morgan fingerprint density at radius 2 is 1.92 bits per heavy atom. The third-order valence-corrected chi connectivity index (χ3v) is 3.89. The quantitative estimate of drug-likeness (QED) is 0.542. The van der Waals surface area contributed by atoms with Crippen LogP contribution in [0.4, 0.5) is 0 Å². The van der Waals surface area contributed by atoms with Crippen LogP contribution < -0.4 is 0 Å². The predicted octanol–water partition coefficient (Wildman–Crippen LogP) is 2.45. The Morgan fingerprint density at radius 1 is 1.00 bits per heavy atom. The fourth-order valence-electron chi connectivity index (χ4n) is 1.60. The van der Waals surface area contributed by atoms with Crippen molar-refractivity contribution in [2.45, 2.75) is 0 Å². The Bertz CT molecular complexity index is 568. The summed E-state index contributed by atoms with van der Waals surface area (Å²) in [5.41, 5.74) is 1.19. The Labute approximate surface area is 81.8 Å². The SMILES string of the molecule is c1ccc2c(c1)ccc1[se]cnc12. The van der Waals surface area contributed by atoms with Gasteiger partial charge in [0.05, 0.1) is 0 Å². The zero-order valence-corrected chi connectivity index (χ0v) is 8.61. The van der Waals surface area contributed by atoms with Crippen molar-refractivity contribution in [2.75, 3.05) is 0 Å². The summed E-state index contributed by atoms with van der Waals surface area (Å²) in [5, 5.41) is 4.62. The Hall–Kier alpha value is -1.11. The van der Waals surface area contributed by atoms with Gasteiger partial charge in [-0.2, -0.15) is 0 Å². The third-order valence-electron chi connectivity index (χ3n) is 2.23. The van der Waals surface area contributed by atoms with Gasteiger partial charge in [0.2, 0.25) is 0 Å². The van der Waals surface area contributed by atoms with Gasteiger partial charge in [-0.05, 0) is 0 Å². The molecule has 0 aliphatic heterocycles. The number of hydrogen-bond donors (Lipinski definition) is 0. The minimum atomic E-state index is 0.458. The van der Waals surface area contributed by atoms with Crippen LogP contribution in [0.2, 0.25) is 0 Å². The van der Waals surface area contributed by atoms with E-state index in [0.717, 1.165) is 0 Å². The molecule has 1 heterocycles. The maximum atomic E-state index is 4.43. The molecular formula is C11H7NSe. The fraction of sp³-hybridized carbons (Fsp3) is 0. The van der Waals surface area contributed by atoms with Crippen LogP contribution in [0, 0.1) is 0 Å².